The van der Waals surface area contributed by atoms with Crippen LogP contribution in [-0.2, 0) is 24.2 Å². The zero-order valence-electron chi connectivity index (χ0n) is 9.96. The van der Waals surface area contributed by atoms with Crippen LogP contribution < -0.4 is 0 Å². The van der Waals surface area contributed by atoms with Gasteiger partial charge in [-0.1, -0.05) is 18.9 Å². The van der Waals surface area contributed by atoms with Crippen molar-refractivity contribution in [2.75, 3.05) is 6.61 Å². The summed E-state index contributed by atoms with van der Waals surface area (Å²) in [4.78, 5) is 4.83. The highest BCUT2D eigenvalue weighted by atomic mass is 16.5. The molecule has 2 aliphatic rings. The van der Waals surface area contributed by atoms with Crippen LogP contribution in [0, 0.1) is 12.8 Å². The Labute approximate surface area is 97.0 Å². The van der Waals surface area contributed by atoms with Crippen LogP contribution in [0.5, 0.6) is 0 Å². The highest BCUT2D eigenvalue weighted by Gasteiger charge is 2.21. The van der Waals surface area contributed by atoms with E-state index in [9.17, 15) is 0 Å². The van der Waals surface area contributed by atoms with Gasteiger partial charge in [0.25, 0.3) is 0 Å². The highest BCUT2D eigenvalue weighted by molar-refractivity contribution is 5.30. The molecule has 0 spiro atoms. The van der Waals surface area contributed by atoms with Crippen LogP contribution in [0.4, 0.5) is 0 Å². The van der Waals surface area contributed by atoms with Crippen molar-refractivity contribution in [3.63, 3.8) is 0 Å². The Morgan fingerprint density at radius 2 is 2.31 bits per heavy atom. The summed E-state index contributed by atoms with van der Waals surface area (Å²) in [6.45, 7) is 3.78. The summed E-state index contributed by atoms with van der Waals surface area (Å²) in [5.41, 5.74) is 5.26. The van der Waals surface area contributed by atoms with E-state index in [4.69, 9.17) is 9.72 Å². The summed E-state index contributed by atoms with van der Waals surface area (Å²) in [6, 6.07) is 2.28. The predicted molar refractivity (Wildman–Crippen MR) is 63.4 cm³/mol. The summed E-state index contributed by atoms with van der Waals surface area (Å²) >= 11 is 0. The van der Waals surface area contributed by atoms with Crippen molar-refractivity contribution in [1.29, 1.82) is 0 Å². The number of fused-ring (bicyclic) bond motifs is 1. The standard InChI is InChI=1S/C14H19NO/c1-10-8-12-9-16-7-6-14(12)15-13(10)5-4-11-2-3-11/h8,11H,2-7,9H2,1H3. The third-order valence-electron chi connectivity index (χ3n) is 3.71. The number of aryl methyl sites for hydroxylation is 2. The van der Waals surface area contributed by atoms with Gasteiger partial charge in [0.15, 0.2) is 0 Å². The zero-order chi connectivity index (χ0) is 11.0. The minimum absolute atomic E-state index is 0.756. The summed E-state index contributed by atoms with van der Waals surface area (Å²) < 4.78 is 5.46. The molecule has 0 radical (unpaired) electrons. The lowest BCUT2D eigenvalue weighted by atomic mass is 10.0. The Kier molecular flexibility index (Phi) is 2.68. The Balaban J connectivity index is 1.80. The van der Waals surface area contributed by atoms with E-state index in [0.29, 0.717) is 0 Å². The van der Waals surface area contributed by atoms with Crippen molar-refractivity contribution in [3.05, 3.63) is 28.6 Å². The first-order valence-electron chi connectivity index (χ1n) is 6.39. The molecule has 0 saturated heterocycles. The Hall–Kier alpha value is -0.890. The highest BCUT2D eigenvalue weighted by Crippen LogP contribution is 2.33. The van der Waals surface area contributed by atoms with Crippen LogP contribution in [0.2, 0.25) is 0 Å². The number of hydrogen-bond acceptors (Lipinski definition) is 2. The van der Waals surface area contributed by atoms with Gasteiger partial charge in [-0.3, -0.25) is 4.98 Å². The minimum atomic E-state index is 0.756. The van der Waals surface area contributed by atoms with Crippen LogP contribution in [0.3, 0.4) is 0 Å². The molecule has 1 saturated carbocycles. The minimum Gasteiger partial charge on any atom is -0.376 e. The van der Waals surface area contributed by atoms with Crippen molar-refractivity contribution in [2.45, 2.75) is 45.6 Å². The maximum Gasteiger partial charge on any atom is 0.0734 e. The molecule has 3 rings (SSSR count). The number of hydrogen-bond donors (Lipinski definition) is 0. The van der Waals surface area contributed by atoms with E-state index in [1.54, 1.807) is 0 Å². The molecule has 0 amide bonds. The summed E-state index contributed by atoms with van der Waals surface area (Å²) in [5.74, 6) is 1.00. The molecule has 1 aromatic rings. The average Bonchev–Trinajstić information content (AvgIpc) is 3.10. The van der Waals surface area contributed by atoms with Gasteiger partial charge in [0.2, 0.25) is 0 Å². The first kappa shape index (κ1) is 10.3. The number of aromatic nitrogens is 1. The van der Waals surface area contributed by atoms with Crippen molar-refractivity contribution in [3.8, 4) is 0 Å². The van der Waals surface area contributed by atoms with Gasteiger partial charge in [-0.2, -0.15) is 0 Å². The monoisotopic (exact) mass is 217 g/mol. The molecule has 1 fully saturated rings. The van der Waals surface area contributed by atoms with Crippen molar-refractivity contribution >= 4 is 0 Å². The molecule has 0 aromatic carbocycles. The molecule has 2 heterocycles. The van der Waals surface area contributed by atoms with E-state index < -0.39 is 0 Å². The van der Waals surface area contributed by atoms with Crippen LogP contribution in [0.1, 0.15) is 41.8 Å². The Morgan fingerprint density at radius 1 is 1.44 bits per heavy atom. The molecule has 0 N–H and O–H groups in total. The first-order valence-corrected chi connectivity index (χ1v) is 6.39. The second-order valence-electron chi connectivity index (χ2n) is 5.14. The van der Waals surface area contributed by atoms with E-state index in [1.165, 1.54) is 48.2 Å². The van der Waals surface area contributed by atoms with Gasteiger partial charge >= 0.3 is 0 Å². The molecule has 0 unspecified atom stereocenters. The normalized spacial score (nSPS) is 19.6. The fraction of sp³-hybridized carbons (Fsp3) is 0.643. The molecule has 2 heteroatoms. The number of rotatable bonds is 3. The maximum absolute atomic E-state index is 5.46. The lowest BCUT2D eigenvalue weighted by Gasteiger charge is -2.18. The molecule has 0 bridgehead atoms. The number of ether oxygens (including phenoxy) is 1. The Bertz CT molecular complexity index is 396. The predicted octanol–water partition coefficient (Wildman–Crippen LogP) is 2.81. The third-order valence-corrected chi connectivity index (χ3v) is 3.71. The average molecular weight is 217 g/mol. The lowest BCUT2D eigenvalue weighted by Crippen LogP contribution is -2.14. The molecular weight excluding hydrogens is 198 g/mol. The van der Waals surface area contributed by atoms with Gasteiger partial charge in [-0.15, -0.1) is 0 Å². The van der Waals surface area contributed by atoms with Crippen LogP contribution in [0.15, 0.2) is 6.07 Å². The molecule has 86 valence electrons. The molecule has 1 aliphatic carbocycles. The van der Waals surface area contributed by atoms with Crippen molar-refractivity contribution < 1.29 is 4.74 Å². The van der Waals surface area contributed by atoms with Gasteiger partial charge in [-0.25, -0.2) is 0 Å². The van der Waals surface area contributed by atoms with E-state index in [1.807, 2.05) is 0 Å². The van der Waals surface area contributed by atoms with Gasteiger partial charge in [-0.05, 0) is 36.8 Å². The molecule has 1 aliphatic heterocycles. The van der Waals surface area contributed by atoms with Gasteiger partial charge in [0, 0.05) is 17.8 Å². The van der Waals surface area contributed by atoms with Crippen molar-refractivity contribution in [2.24, 2.45) is 5.92 Å². The maximum atomic E-state index is 5.46. The molecular formula is C14H19NO. The quantitative estimate of drug-likeness (QED) is 0.776. The Morgan fingerprint density at radius 3 is 3.12 bits per heavy atom. The number of pyridine rings is 1. The van der Waals surface area contributed by atoms with Crippen LogP contribution >= 0.6 is 0 Å². The second kappa shape index (κ2) is 4.17. The van der Waals surface area contributed by atoms with E-state index in [2.05, 4.69) is 13.0 Å². The third kappa shape index (κ3) is 2.12. The van der Waals surface area contributed by atoms with Crippen LogP contribution in [0.25, 0.3) is 0 Å². The first-order chi connectivity index (χ1) is 7.83. The molecule has 1 aromatic heterocycles. The largest absolute Gasteiger partial charge is 0.376 e. The molecule has 0 atom stereocenters. The smallest absolute Gasteiger partial charge is 0.0734 e. The van der Waals surface area contributed by atoms with E-state index in [0.717, 1.165) is 25.6 Å². The van der Waals surface area contributed by atoms with E-state index in [-0.39, 0.29) is 0 Å². The van der Waals surface area contributed by atoms with Gasteiger partial charge < -0.3 is 4.74 Å². The van der Waals surface area contributed by atoms with Gasteiger partial charge in [0.1, 0.15) is 0 Å². The summed E-state index contributed by atoms with van der Waals surface area (Å²) in [5, 5.41) is 0. The fourth-order valence-corrected chi connectivity index (χ4v) is 2.44. The summed E-state index contributed by atoms with van der Waals surface area (Å²) in [7, 11) is 0. The zero-order valence-corrected chi connectivity index (χ0v) is 9.96. The topological polar surface area (TPSA) is 22.1 Å². The van der Waals surface area contributed by atoms with E-state index >= 15 is 0 Å². The van der Waals surface area contributed by atoms with Gasteiger partial charge in [0.05, 0.1) is 13.2 Å². The second-order valence-corrected chi connectivity index (χ2v) is 5.14. The molecule has 16 heavy (non-hydrogen) atoms. The number of nitrogens with zero attached hydrogens (tertiary/aromatic N) is 1. The lowest BCUT2D eigenvalue weighted by molar-refractivity contribution is 0.109. The SMILES string of the molecule is Cc1cc2c(nc1CCC1CC1)CCOC2. The summed E-state index contributed by atoms with van der Waals surface area (Å²) in [6.07, 6.45) is 6.38. The fourth-order valence-electron chi connectivity index (χ4n) is 2.44. The van der Waals surface area contributed by atoms with Crippen LogP contribution in [-0.4, -0.2) is 11.6 Å². The van der Waals surface area contributed by atoms with Crippen molar-refractivity contribution in [1.82, 2.24) is 4.98 Å². The molecule has 2 nitrogen and oxygen atoms in total.